The molecule has 6 aromatic rings. The van der Waals surface area contributed by atoms with Crippen molar-refractivity contribution in [1.82, 2.24) is 10.6 Å². The van der Waals surface area contributed by atoms with Gasteiger partial charge in [0, 0.05) is 5.69 Å². The molecular formula is C50H55N3O4Si. The second kappa shape index (κ2) is 19.1. The minimum Gasteiger partial charge on any atom is -0.465 e. The van der Waals surface area contributed by atoms with Crippen LogP contribution in [0.2, 0.25) is 5.04 Å². The maximum absolute atomic E-state index is 13.5. The van der Waals surface area contributed by atoms with E-state index < -0.39 is 31.9 Å². The number of carbonyl (C=O) groups is 2. The van der Waals surface area contributed by atoms with Crippen LogP contribution < -0.4 is 26.3 Å². The summed E-state index contributed by atoms with van der Waals surface area (Å²) in [5, 5.41) is 21.2. The molecule has 58 heavy (non-hydrogen) atoms. The van der Waals surface area contributed by atoms with Gasteiger partial charge in [-0.1, -0.05) is 184 Å². The quantitative estimate of drug-likeness (QED) is 0.0420. The van der Waals surface area contributed by atoms with Crippen molar-refractivity contribution in [3.63, 3.8) is 0 Å². The normalized spacial score (nSPS) is 12.4. The van der Waals surface area contributed by atoms with Gasteiger partial charge in [-0.3, -0.25) is 10.1 Å². The first-order chi connectivity index (χ1) is 28.0. The molecule has 1 unspecified atom stereocenters. The first-order valence-corrected chi connectivity index (χ1v) is 22.0. The van der Waals surface area contributed by atoms with Crippen LogP contribution in [0.3, 0.4) is 0 Å². The van der Waals surface area contributed by atoms with Crippen molar-refractivity contribution in [1.29, 1.82) is 0 Å². The van der Waals surface area contributed by atoms with Crippen molar-refractivity contribution in [3.8, 4) is 0 Å². The molecule has 4 N–H and O–H groups in total. The van der Waals surface area contributed by atoms with Crippen LogP contribution in [0.1, 0.15) is 67.9 Å². The van der Waals surface area contributed by atoms with Crippen LogP contribution in [0.15, 0.2) is 170 Å². The number of rotatable bonds is 17. The minimum atomic E-state index is -2.72. The lowest BCUT2D eigenvalue weighted by atomic mass is 9.76. The lowest BCUT2D eigenvalue weighted by Gasteiger charge is -2.43. The van der Waals surface area contributed by atoms with E-state index in [-0.39, 0.29) is 5.04 Å². The Labute approximate surface area is 344 Å². The first kappa shape index (κ1) is 41.8. The number of carboxylic acid groups (broad SMARTS) is 1. The Kier molecular flexibility index (Phi) is 13.8. The van der Waals surface area contributed by atoms with Gasteiger partial charge in [-0.05, 0) is 82.5 Å². The standard InChI is InChI=1S/C50H55N3O4Si/c1-38-28-32-42(33-29-38)50(40-19-9-5-10-20-40,41-21-11-6-12-22-41)51-36-18-17-27-46(53-48(55)56)47(54)52-43-34-30-39(31-35-43)37-57-58(49(2,3)4,44-23-13-7-14-24-44)45-25-15-8-16-26-45/h5-16,19-26,28-35,46,51,53H,17-18,27,36-37H2,1-4H3,(H,52,54)(H,55,56). The fourth-order valence-electron chi connectivity index (χ4n) is 8.02. The molecule has 298 valence electrons. The maximum atomic E-state index is 13.5. The van der Waals surface area contributed by atoms with Gasteiger partial charge in [-0.2, -0.15) is 0 Å². The van der Waals surface area contributed by atoms with Gasteiger partial charge in [0.05, 0.1) is 12.1 Å². The van der Waals surface area contributed by atoms with E-state index in [1.165, 1.54) is 15.9 Å². The molecule has 0 aliphatic carbocycles. The van der Waals surface area contributed by atoms with E-state index in [0.29, 0.717) is 31.7 Å². The van der Waals surface area contributed by atoms with Crippen molar-refractivity contribution in [2.75, 3.05) is 11.9 Å². The van der Waals surface area contributed by atoms with E-state index in [9.17, 15) is 14.7 Å². The molecule has 0 radical (unpaired) electrons. The summed E-state index contributed by atoms with van der Waals surface area (Å²) in [4.78, 5) is 25.4. The van der Waals surface area contributed by atoms with Crippen molar-refractivity contribution in [3.05, 3.63) is 198 Å². The Morgan fingerprint density at radius 1 is 0.638 bits per heavy atom. The first-order valence-electron chi connectivity index (χ1n) is 20.1. The average Bonchev–Trinajstić information content (AvgIpc) is 3.24. The average molecular weight is 790 g/mol. The molecule has 6 aromatic carbocycles. The van der Waals surface area contributed by atoms with E-state index in [0.717, 1.165) is 28.7 Å². The summed E-state index contributed by atoms with van der Waals surface area (Å²) < 4.78 is 7.09. The van der Waals surface area contributed by atoms with Crippen LogP contribution in [0.25, 0.3) is 0 Å². The number of unbranched alkanes of at least 4 members (excludes halogenated alkanes) is 1. The largest absolute Gasteiger partial charge is 0.465 e. The van der Waals surface area contributed by atoms with Gasteiger partial charge >= 0.3 is 6.09 Å². The molecule has 7 nitrogen and oxygen atoms in total. The van der Waals surface area contributed by atoms with Gasteiger partial charge in [-0.15, -0.1) is 0 Å². The fourth-order valence-corrected chi connectivity index (χ4v) is 12.6. The van der Waals surface area contributed by atoms with Crippen molar-refractivity contribution < 1.29 is 19.1 Å². The molecular weight excluding hydrogens is 735 g/mol. The molecule has 0 aliphatic rings. The molecule has 0 aromatic heterocycles. The summed E-state index contributed by atoms with van der Waals surface area (Å²) in [5.74, 6) is -0.394. The van der Waals surface area contributed by atoms with E-state index in [4.69, 9.17) is 4.43 Å². The molecule has 1 atom stereocenters. The zero-order valence-electron chi connectivity index (χ0n) is 34.0. The molecule has 0 bridgehead atoms. The van der Waals surface area contributed by atoms with Gasteiger partial charge in [-0.25, -0.2) is 4.79 Å². The lowest BCUT2D eigenvalue weighted by Crippen LogP contribution is -2.66. The predicted octanol–water partition coefficient (Wildman–Crippen LogP) is 9.40. The van der Waals surface area contributed by atoms with Crippen molar-refractivity contribution >= 4 is 36.4 Å². The van der Waals surface area contributed by atoms with E-state index >= 15 is 0 Å². The third-order valence-corrected chi connectivity index (χ3v) is 15.9. The van der Waals surface area contributed by atoms with Crippen LogP contribution >= 0.6 is 0 Å². The van der Waals surface area contributed by atoms with E-state index in [2.05, 4.69) is 165 Å². The topological polar surface area (TPSA) is 99.7 Å². The van der Waals surface area contributed by atoms with Crippen LogP contribution in [0.4, 0.5) is 10.5 Å². The van der Waals surface area contributed by atoms with E-state index in [1.807, 2.05) is 48.5 Å². The zero-order chi connectivity index (χ0) is 41.0. The van der Waals surface area contributed by atoms with Gasteiger partial charge in [0.15, 0.2) is 0 Å². The number of amides is 2. The number of anilines is 1. The number of nitrogens with one attached hydrogen (secondary N) is 3. The lowest BCUT2D eigenvalue weighted by molar-refractivity contribution is -0.118. The summed E-state index contributed by atoms with van der Waals surface area (Å²) in [7, 11) is -2.72. The molecule has 2 amide bonds. The third kappa shape index (κ3) is 9.65. The van der Waals surface area contributed by atoms with Crippen LogP contribution in [0.5, 0.6) is 0 Å². The second-order valence-electron chi connectivity index (χ2n) is 15.9. The molecule has 6 rings (SSSR count). The predicted molar refractivity (Wildman–Crippen MR) is 238 cm³/mol. The van der Waals surface area contributed by atoms with Gasteiger partial charge in [0.2, 0.25) is 5.91 Å². The fraction of sp³-hybridized carbons (Fsp3) is 0.240. The summed E-state index contributed by atoms with van der Waals surface area (Å²) in [5.41, 5.74) is 5.51. The Morgan fingerprint density at radius 3 is 1.60 bits per heavy atom. The SMILES string of the molecule is Cc1ccc(C(NCCCCC(NC(=O)O)C(=O)Nc2ccc(CO[Si](c3ccccc3)(c3ccccc3)C(C)(C)C)cc2)(c2ccccc2)c2ccccc2)cc1. The number of carbonyl (C=O) groups excluding carboxylic acids is 1. The second-order valence-corrected chi connectivity index (χ2v) is 20.2. The molecule has 0 saturated carbocycles. The summed E-state index contributed by atoms with van der Waals surface area (Å²) in [6.45, 7) is 9.89. The van der Waals surface area contributed by atoms with Gasteiger partial charge in [0.1, 0.15) is 6.04 Å². The third-order valence-electron chi connectivity index (χ3n) is 10.9. The smallest absolute Gasteiger partial charge is 0.405 e. The van der Waals surface area contributed by atoms with Crippen molar-refractivity contribution in [2.24, 2.45) is 0 Å². The maximum Gasteiger partial charge on any atom is 0.405 e. The van der Waals surface area contributed by atoms with Crippen LogP contribution in [0, 0.1) is 6.92 Å². The summed E-state index contributed by atoms with van der Waals surface area (Å²) in [6.07, 6.45) is 0.453. The molecule has 0 fully saturated rings. The van der Waals surface area contributed by atoms with Crippen molar-refractivity contribution in [2.45, 2.75) is 70.2 Å². The summed E-state index contributed by atoms with van der Waals surface area (Å²) in [6, 6.07) is 57.2. The highest BCUT2D eigenvalue weighted by Gasteiger charge is 2.50. The number of benzene rings is 6. The van der Waals surface area contributed by atoms with Gasteiger partial charge in [0.25, 0.3) is 8.32 Å². The minimum absolute atomic E-state index is 0.153. The number of hydrogen-bond acceptors (Lipinski definition) is 4. The Balaban J connectivity index is 1.11. The highest BCUT2D eigenvalue weighted by Crippen LogP contribution is 2.38. The monoisotopic (exact) mass is 789 g/mol. The van der Waals surface area contributed by atoms with Crippen LogP contribution in [-0.4, -0.2) is 38.0 Å². The highest BCUT2D eigenvalue weighted by molar-refractivity contribution is 6.99. The number of aryl methyl sites for hydroxylation is 1. The highest BCUT2D eigenvalue weighted by atomic mass is 28.4. The van der Waals surface area contributed by atoms with E-state index in [1.54, 1.807) is 0 Å². The van der Waals surface area contributed by atoms with Gasteiger partial charge < -0.3 is 20.2 Å². The molecule has 0 aliphatic heterocycles. The zero-order valence-corrected chi connectivity index (χ0v) is 35.0. The molecule has 0 saturated heterocycles. The number of hydrogen-bond donors (Lipinski definition) is 4. The summed E-state index contributed by atoms with van der Waals surface area (Å²) >= 11 is 0. The Bertz CT molecular complexity index is 2110. The molecule has 0 spiro atoms. The Hall–Kier alpha value is -5.80. The molecule has 0 heterocycles. The molecule has 8 heteroatoms. The Morgan fingerprint density at radius 2 is 1.12 bits per heavy atom. The van der Waals surface area contributed by atoms with Crippen LogP contribution in [-0.2, 0) is 21.4 Å².